The Morgan fingerprint density at radius 2 is 0.895 bits per heavy atom. The summed E-state index contributed by atoms with van der Waals surface area (Å²) in [6, 6.07) is 7.07. The zero-order valence-corrected chi connectivity index (χ0v) is 22.1. The summed E-state index contributed by atoms with van der Waals surface area (Å²) in [5.74, 6) is -0.191. The van der Waals surface area contributed by atoms with Gasteiger partial charge in [0, 0.05) is 25.7 Å². The van der Waals surface area contributed by atoms with E-state index in [-0.39, 0.29) is 35.5 Å². The van der Waals surface area contributed by atoms with Crippen LogP contribution >= 0.6 is 0 Å². The highest BCUT2D eigenvalue weighted by atomic mass is 16.5. The molecule has 2 aromatic carbocycles. The van der Waals surface area contributed by atoms with Gasteiger partial charge in [-0.15, -0.1) is 0 Å². The Morgan fingerprint density at radius 3 is 1.11 bits per heavy atom. The van der Waals surface area contributed by atoms with Gasteiger partial charge in [-0.1, -0.05) is 0 Å². The minimum Gasteiger partial charge on any atom is -0.502 e. The van der Waals surface area contributed by atoms with E-state index in [1.54, 1.807) is 24.3 Å². The highest BCUT2D eigenvalue weighted by molar-refractivity contribution is 5.63. The molecule has 0 unspecified atom stereocenters. The van der Waals surface area contributed by atoms with E-state index in [1.807, 2.05) is 0 Å². The van der Waals surface area contributed by atoms with Crippen molar-refractivity contribution < 1.29 is 58.4 Å². The summed E-state index contributed by atoms with van der Waals surface area (Å²) < 4.78 is 33.4. The molecule has 2 heterocycles. The second-order valence-corrected chi connectivity index (χ2v) is 8.42. The fourth-order valence-electron chi connectivity index (χ4n) is 4.39. The fraction of sp³-hybridized carbons (Fsp3) is 0.462. The molecule has 12 nitrogen and oxygen atoms in total. The SMILES string of the molecule is CC(=O)O.CC(=O)O.COc1cc([C@@H]2OC[C@@H]3[C@H]2CO[C@H]3c2cc(OC)c(O)c(OC)c2)cc(OC)c1O. The lowest BCUT2D eigenvalue weighted by Crippen LogP contribution is -2.15. The number of carboxylic acids is 2. The van der Waals surface area contributed by atoms with Gasteiger partial charge in [0.25, 0.3) is 11.9 Å². The van der Waals surface area contributed by atoms with E-state index in [0.717, 1.165) is 25.0 Å². The van der Waals surface area contributed by atoms with Crippen molar-refractivity contribution in [2.24, 2.45) is 11.8 Å². The van der Waals surface area contributed by atoms with E-state index in [4.69, 9.17) is 48.2 Å². The lowest BCUT2D eigenvalue weighted by molar-refractivity contribution is -0.135. The Kier molecular flexibility index (Phi) is 10.8. The van der Waals surface area contributed by atoms with Gasteiger partial charge < -0.3 is 48.8 Å². The van der Waals surface area contributed by atoms with Crippen LogP contribution in [0.1, 0.15) is 37.2 Å². The molecule has 38 heavy (non-hydrogen) atoms. The highest BCUT2D eigenvalue weighted by Gasteiger charge is 2.48. The van der Waals surface area contributed by atoms with Crippen LogP contribution in [0.4, 0.5) is 0 Å². The lowest BCUT2D eigenvalue weighted by atomic mass is 9.84. The van der Waals surface area contributed by atoms with Gasteiger partial charge in [0.05, 0.1) is 53.9 Å². The molecule has 0 aliphatic carbocycles. The third-order valence-electron chi connectivity index (χ3n) is 5.93. The van der Waals surface area contributed by atoms with Crippen LogP contribution in [0, 0.1) is 11.8 Å². The van der Waals surface area contributed by atoms with Crippen molar-refractivity contribution in [2.75, 3.05) is 41.7 Å². The smallest absolute Gasteiger partial charge is 0.300 e. The first-order valence-corrected chi connectivity index (χ1v) is 11.5. The summed E-state index contributed by atoms with van der Waals surface area (Å²) in [4.78, 5) is 18.0. The van der Waals surface area contributed by atoms with Crippen LogP contribution in [0.5, 0.6) is 34.5 Å². The van der Waals surface area contributed by atoms with Crippen molar-refractivity contribution in [3.05, 3.63) is 35.4 Å². The molecule has 0 saturated carbocycles. The van der Waals surface area contributed by atoms with Crippen molar-refractivity contribution in [2.45, 2.75) is 26.1 Å². The lowest BCUT2D eigenvalue weighted by Gasteiger charge is -2.19. The maximum absolute atomic E-state index is 10.2. The summed E-state index contributed by atoms with van der Waals surface area (Å²) in [6.45, 7) is 3.19. The van der Waals surface area contributed by atoms with Crippen LogP contribution < -0.4 is 18.9 Å². The molecule has 0 spiro atoms. The van der Waals surface area contributed by atoms with Crippen LogP contribution in [-0.2, 0) is 19.1 Å². The maximum Gasteiger partial charge on any atom is 0.300 e. The number of rotatable bonds is 6. The Balaban J connectivity index is 0.000000559. The zero-order chi connectivity index (χ0) is 28.6. The van der Waals surface area contributed by atoms with E-state index >= 15 is 0 Å². The molecule has 210 valence electrons. The van der Waals surface area contributed by atoms with Crippen LogP contribution in [0.15, 0.2) is 24.3 Å². The Bertz CT molecular complexity index is 970. The number of carbonyl (C=O) groups is 2. The monoisotopic (exact) mass is 538 g/mol. The predicted octanol–water partition coefficient (Wildman–Crippen LogP) is 3.39. The normalized spacial score (nSPS) is 21.1. The number of methoxy groups -OCH3 is 4. The topological polar surface area (TPSA) is 170 Å². The van der Waals surface area contributed by atoms with Crippen molar-refractivity contribution in [3.63, 3.8) is 0 Å². The third kappa shape index (κ3) is 7.11. The van der Waals surface area contributed by atoms with Gasteiger partial charge in [-0.3, -0.25) is 9.59 Å². The molecule has 2 aliphatic heterocycles. The van der Waals surface area contributed by atoms with E-state index in [9.17, 15) is 10.2 Å². The average molecular weight is 539 g/mol. The number of aromatic hydroxyl groups is 2. The number of fused-ring (bicyclic) bond motifs is 1. The van der Waals surface area contributed by atoms with Gasteiger partial charge in [-0.25, -0.2) is 0 Å². The van der Waals surface area contributed by atoms with E-state index in [1.165, 1.54) is 28.4 Å². The molecule has 0 aromatic heterocycles. The molecule has 2 aromatic rings. The quantitative estimate of drug-likeness (QED) is 0.423. The number of carboxylic acid groups (broad SMARTS) is 2. The van der Waals surface area contributed by atoms with Gasteiger partial charge >= 0.3 is 0 Å². The first kappa shape index (κ1) is 30.3. The van der Waals surface area contributed by atoms with Crippen molar-refractivity contribution in [1.82, 2.24) is 0 Å². The second-order valence-electron chi connectivity index (χ2n) is 8.42. The summed E-state index contributed by atoms with van der Waals surface area (Å²) >= 11 is 0. The Hall–Kier alpha value is -3.90. The zero-order valence-electron chi connectivity index (χ0n) is 22.1. The molecule has 2 aliphatic rings. The molecular weight excluding hydrogens is 504 g/mol. The van der Waals surface area contributed by atoms with Gasteiger partial charge in [0.15, 0.2) is 23.0 Å². The predicted molar refractivity (Wildman–Crippen MR) is 133 cm³/mol. The number of hydrogen-bond acceptors (Lipinski definition) is 10. The molecule has 2 fully saturated rings. The number of ether oxygens (including phenoxy) is 6. The summed E-state index contributed by atoms with van der Waals surface area (Å²) in [5, 5.41) is 35.2. The van der Waals surface area contributed by atoms with Crippen LogP contribution in [0.3, 0.4) is 0 Å². The minimum absolute atomic E-state index is 0.0397. The number of phenolic OH excluding ortho intramolecular Hbond substituents is 2. The molecule has 4 atom stereocenters. The summed E-state index contributed by atoms with van der Waals surface area (Å²) in [6.07, 6.45) is -0.436. The van der Waals surface area contributed by atoms with E-state index in [0.29, 0.717) is 36.2 Å². The largest absolute Gasteiger partial charge is 0.502 e. The van der Waals surface area contributed by atoms with Gasteiger partial charge in [0.1, 0.15) is 0 Å². The Morgan fingerprint density at radius 1 is 0.658 bits per heavy atom. The molecule has 4 rings (SSSR count). The summed E-state index contributed by atoms with van der Waals surface area (Å²) in [5.41, 5.74) is 1.72. The average Bonchev–Trinajstić information content (AvgIpc) is 3.46. The number of benzene rings is 2. The van der Waals surface area contributed by atoms with Crippen molar-refractivity contribution >= 4 is 11.9 Å². The number of aliphatic carboxylic acids is 2. The van der Waals surface area contributed by atoms with E-state index in [2.05, 4.69) is 0 Å². The van der Waals surface area contributed by atoms with Crippen molar-refractivity contribution in [3.8, 4) is 34.5 Å². The van der Waals surface area contributed by atoms with Gasteiger partial charge in [0.2, 0.25) is 11.5 Å². The molecule has 4 N–H and O–H groups in total. The number of hydrogen-bond donors (Lipinski definition) is 4. The van der Waals surface area contributed by atoms with Gasteiger partial charge in [-0.2, -0.15) is 0 Å². The first-order valence-electron chi connectivity index (χ1n) is 11.5. The maximum atomic E-state index is 10.2. The molecule has 0 bridgehead atoms. The molecule has 0 radical (unpaired) electrons. The molecule has 2 saturated heterocycles. The fourth-order valence-corrected chi connectivity index (χ4v) is 4.39. The first-order chi connectivity index (χ1) is 18.0. The molecule has 12 heteroatoms. The highest BCUT2D eigenvalue weighted by Crippen LogP contribution is 2.53. The minimum atomic E-state index is -0.833. The van der Waals surface area contributed by atoms with Crippen LogP contribution in [-0.4, -0.2) is 74.0 Å². The molecule has 0 amide bonds. The van der Waals surface area contributed by atoms with Crippen LogP contribution in [0.2, 0.25) is 0 Å². The van der Waals surface area contributed by atoms with Crippen LogP contribution in [0.25, 0.3) is 0 Å². The number of phenols is 2. The van der Waals surface area contributed by atoms with E-state index < -0.39 is 11.9 Å². The summed E-state index contributed by atoms with van der Waals surface area (Å²) in [7, 11) is 5.99. The molecular formula is C26H34O12. The standard InChI is InChI=1S/C22H26O8.2C2H4O2/c1-25-15-5-11(6-16(26-2)19(15)23)21-13-9-30-22(14(13)10-29-21)12-7-17(27-3)20(24)18(8-12)28-4;2*1-2(3)4/h5-8,13-14,21-24H,9-10H2,1-4H3;2*1H3,(H,3,4)/t13-,14-,21+,22+;;/m1../s1. The third-order valence-corrected chi connectivity index (χ3v) is 5.93. The van der Waals surface area contributed by atoms with Gasteiger partial charge in [-0.05, 0) is 35.4 Å². The van der Waals surface area contributed by atoms with Crippen molar-refractivity contribution in [1.29, 1.82) is 0 Å². The second kappa shape index (κ2) is 13.6. The Labute approximate surface area is 220 Å².